The lowest BCUT2D eigenvalue weighted by molar-refractivity contribution is 1.12. The summed E-state index contributed by atoms with van der Waals surface area (Å²) in [6.07, 6.45) is 5.20. The molecule has 0 aliphatic heterocycles. The van der Waals surface area contributed by atoms with E-state index in [1.807, 2.05) is 33.2 Å². The summed E-state index contributed by atoms with van der Waals surface area (Å²) in [6.45, 7) is 4.05. The van der Waals surface area contributed by atoms with E-state index in [-0.39, 0.29) is 0 Å². The van der Waals surface area contributed by atoms with Gasteiger partial charge in [-0.3, -0.25) is 4.98 Å². The maximum absolute atomic E-state index is 4.34. The van der Waals surface area contributed by atoms with E-state index >= 15 is 0 Å². The first kappa shape index (κ1) is 10.5. The molecule has 0 atom stereocenters. The van der Waals surface area contributed by atoms with Crippen molar-refractivity contribution in [2.45, 2.75) is 13.8 Å². The minimum Gasteiger partial charge on any atom is -0.373 e. The summed E-state index contributed by atoms with van der Waals surface area (Å²) in [6, 6.07) is 1.98. The van der Waals surface area contributed by atoms with Gasteiger partial charge in [0.2, 0.25) is 0 Å². The predicted octanol–water partition coefficient (Wildman–Crippen LogP) is 2.20. The zero-order valence-electron chi connectivity index (χ0n) is 9.65. The summed E-state index contributed by atoms with van der Waals surface area (Å²) in [5.74, 6) is 0.862. The maximum Gasteiger partial charge on any atom is 0.132 e. The molecule has 0 aliphatic rings. The molecule has 2 rings (SSSR count). The van der Waals surface area contributed by atoms with Crippen LogP contribution in [0.2, 0.25) is 0 Å². The van der Waals surface area contributed by atoms with E-state index in [9.17, 15) is 0 Å². The van der Waals surface area contributed by atoms with Crippen LogP contribution in [0.5, 0.6) is 0 Å². The van der Waals surface area contributed by atoms with Crippen LogP contribution >= 0.6 is 0 Å². The average molecular weight is 214 g/mol. The molecule has 0 radical (unpaired) electrons. The van der Waals surface area contributed by atoms with E-state index < -0.39 is 0 Å². The lowest BCUT2D eigenvalue weighted by Gasteiger charge is -2.10. The monoisotopic (exact) mass is 214 g/mol. The van der Waals surface area contributed by atoms with Crippen LogP contribution < -0.4 is 5.32 Å². The van der Waals surface area contributed by atoms with Crippen LogP contribution in [0.15, 0.2) is 24.8 Å². The predicted molar refractivity (Wildman–Crippen MR) is 64.3 cm³/mol. The topological polar surface area (TPSA) is 50.7 Å². The molecule has 1 N–H and O–H groups in total. The van der Waals surface area contributed by atoms with Crippen molar-refractivity contribution in [1.29, 1.82) is 0 Å². The lowest BCUT2D eigenvalue weighted by Crippen LogP contribution is -2.00. The Hall–Kier alpha value is -1.97. The van der Waals surface area contributed by atoms with Crippen molar-refractivity contribution in [2.75, 3.05) is 12.4 Å². The number of nitrogens with zero attached hydrogens (tertiary/aromatic N) is 3. The van der Waals surface area contributed by atoms with Gasteiger partial charge >= 0.3 is 0 Å². The highest BCUT2D eigenvalue weighted by Crippen LogP contribution is 2.26. The quantitative estimate of drug-likeness (QED) is 0.832. The Balaban J connectivity index is 2.61. The molecule has 2 aromatic heterocycles. The SMILES string of the molecule is CNc1ncnc(-c2ccncc2C)c1C. The maximum atomic E-state index is 4.34. The van der Waals surface area contributed by atoms with Crippen molar-refractivity contribution in [3.8, 4) is 11.3 Å². The fraction of sp³-hybridized carbons (Fsp3) is 0.250. The number of pyridine rings is 1. The first-order valence-corrected chi connectivity index (χ1v) is 5.14. The number of nitrogens with one attached hydrogen (secondary N) is 1. The zero-order valence-corrected chi connectivity index (χ0v) is 9.65. The van der Waals surface area contributed by atoms with Crippen molar-refractivity contribution in [1.82, 2.24) is 15.0 Å². The highest BCUT2D eigenvalue weighted by atomic mass is 15.0. The molecule has 0 saturated carbocycles. The molecule has 0 bridgehead atoms. The van der Waals surface area contributed by atoms with Gasteiger partial charge in [0.15, 0.2) is 0 Å². The first-order valence-electron chi connectivity index (χ1n) is 5.14. The van der Waals surface area contributed by atoms with Crippen LogP contribution in [0.3, 0.4) is 0 Å². The van der Waals surface area contributed by atoms with Crippen LogP contribution in [0.4, 0.5) is 5.82 Å². The van der Waals surface area contributed by atoms with E-state index in [2.05, 4.69) is 20.3 Å². The second-order valence-electron chi connectivity index (χ2n) is 3.64. The minimum absolute atomic E-state index is 0.862. The summed E-state index contributed by atoms with van der Waals surface area (Å²) < 4.78 is 0. The Bertz CT molecular complexity index is 508. The summed E-state index contributed by atoms with van der Waals surface area (Å²) in [4.78, 5) is 12.6. The minimum atomic E-state index is 0.862. The van der Waals surface area contributed by atoms with Gasteiger partial charge in [0.05, 0.1) is 5.69 Å². The van der Waals surface area contributed by atoms with Crippen LogP contribution in [-0.2, 0) is 0 Å². The van der Waals surface area contributed by atoms with Crippen molar-refractivity contribution >= 4 is 5.82 Å². The molecule has 2 heterocycles. The van der Waals surface area contributed by atoms with E-state index in [1.54, 1.807) is 12.5 Å². The summed E-state index contributed by atoms with van der Waals surface area (Å²) in [5.41, 5.74) is 4.23. The van der Waals surface area contributed by atoms with Crippen molar-refractivity contribution < 1.29 is 0 Å². The van der Waals surface area contributed by atoms with Crippen molar-refractivity contribution in [3.05, 3.63) is 35.9 Å². The molecule has 16 heavy (non-hydrogen) atoms. The zero-order chi connectivity index (χ0) is 11.5. The highest BCUT2D eigenvalue weighted by Gasteiger charge is 2.09. The second kappa shape index (κ2) is 4.26. The van der Waals surface area contributed by atoms with Gasteiger partial charge in [0.1, 0.15) is 12.1 Å². The molecule has 0 unspecified atom stereocenters. The van der Waals surface area contributed by atoms with Gasteiger partial charge in [-0.05, 0) is 25.5 Å². The van der Waals surface area contributed by atoms with Gasteiger partial charge in [-0.25, -0.2) is 9.97 Å². The smallest absolute Gasteiger partial charge is 0.132 e. The van der Waals surface area contributed by atoms with Gasteiger partial charge in [-0.1, -0.05) is 0 Å². The molecule has 0 aromatic carbocycles. The molecule has 0 aliphatic carbocycles. The first-order chi connectivity index (χ1) is 7.74. The third kappa shape index (κ3) is 1.74. The van der Waals surface area contributed by atoms with Gasteiger partial charge in [-0.15, -0.1) is 0 Å². The van der Waals surface area contributed by atoms with Crippen molar-refractivity contribution in [2.24, 2.45) is 0 Å². The van der Waals surface area contributed by atoms with Gasteiger partial charge in [-0.2, -0.15) is 0 Å². The summed E-state index contributed by atoms with van der Waals surface area (Å²) in [7, 11) is 1.86. The molecular weight excluding hydrogens is 200 g/mol. The fourth-order valence-electron chi connectivity index (χ4n) is 1.71. The molecule has 0 saturated heterocycles. The fourth-order valence-corrected chi connectivity index (χ4v) is 1.71. The molecular formula is C12H14N4. The highest BCUT2D eigenvalue weighted by molar-refractivity contribution is 5.69. The Morgan fingerprint density at radius 1 is 1.19 bits per heavy atom. The number of hydrogen-bond acceptors (Lipinski definition) is 4. The molecule has 4 nitrogen and oxygen atoms in total. The number of aryl methyl sites for hydroxylation is 1. The third-order valence-electron chi connectivity index (χ3n) is 2.60. The second-order valence-corrected chi connectivity index (χ2v) is 3.64. The molecule has 0 amide bonds. The Morgan fingerprint density at radius 3 is 2.69 bits per heavy atom. The van der Waals surface area contributed by atoms with Gasteiger partial charge in [0.25, 0.3) is 0 Å². The Kier molecular flexibility index (Phi) is 2.81. The van der Waals surface area contributed by atoms with Crippen LogP contribution in [0, 0.1) is 13.8 Å². The van der Waals surface area contributed by atoms with Gasteiger partial charge < -0.3 is 5.32 Å². The lowest BCUT2D eigenvalue weighted by atomic mass is 10.0. The summed E-state index contributed by atoms with van der Waals surface area (Å²) >= 11 is 0. The van der Waals surface area contributed by atoms with E-state index in [1.165, 1.54) is 0 Å². The Morgan fingerprint density at radius 2 is 2.00 bits per heavy atom. The molecule has 0 fully saturated rings. The Labute approximate surface area is 94.8 Å². The van der Waals surface area contributed by atoms with Crippen LogP contribution in [0.25, 0.3) is 11.3 Å². The van der Waals surface area contributed by atoms with E-state index in [0.717, 1.165) is 28.2 Å². The average Bonchev–Trinajstić information content (AvgIpc) is 2.31. The third-order valence-corrected chi connectivity index (χ3v) is 2.60. The van der Waals surface area contributed by atoms with Crippen molar-refractivity contribution in [3.63, 3.8) is 0 Å². The normalized spacial score (nSPS) is 10.2. The number of anilines is 1. The number of hydrogen-bond donors (Lipinski definition) is 1. The number of rotatable bonds is 2. The van der Waals surface area contributed by atoms with E-state index in [0.29, 0.717) is 0 Å². The summed E-state index contributed by atoms with van der Waals surface area (Å²) in [5, 5.41) is 3.06. The van der Waals surface area contributed by atoms with Crippen LogP contribution in [0.1, 0.15) is 11.1 Å². The number of aromatic nitrogens is 3. The van der Waals surface area contributed by atoms with E-state index in [4.69, 9.17) is 0 Å². The molecule has 0 spiro atoms. The van der Waals surface area contributed by atoms with Gasteiger partial charge in [0, 0.05) is 30.6 Å². The van der Waals surface area contributed by atoms with Crippen LogP contribution in [-0.4, -0.2) is 22.0 Å². The molecule has 4 heteroatoms. The molecule has 2 aromatic rings. The standard InChI is InChI=1S/C12H14N4/c1-8-6-14-5-4-10(8)11-9(2)12(13-3)16-7-15-11/h4-7H,1-3H3,(H,13,15,16). The largest absolute Gasteiger partial charge is 0.373 e. The molecule has 82 valence electrons.